The van der Waals surface area contributed by atoms with Gasteiger partial charge in [-0.1, -0.05) is 0 Å². The van der Waals surface area contributed by atoms with E-state index in [0.717, 1.165) is 19.4 Å². The average molecular weight is 284 g/mol. The van der Waals surface area contributed by atoms with Crippen molar-refractivity contribution >= 4 is 11.9 Å². The number of nitrogens with one attached hydrogen (secondary N) is 1. The summed E-state index contributed by atoms with van der Waals surface area (Å²) in [6.07, 6.45) is 3.83. The van der Waals surface area contributed by atoms with Gasteiger partial charge in [0.1, 0.15) is 0 Å². The summed E-state index contributed by atoms with van der Waals surface area (Å²) in [5.74, 6) is -1.09. The predicted molar refractivity (Wildman–Crippen MR) is 73.2 cm³/mol. The Hall–Kier alpha value is -1.14. The van der Waals surface area contributed by atoms with Crippen molar-refractivity contribution in [3.8, 4) is 0 Å². The molecule has 1 saturated heterocycles. The largest absolute Gasteiger partial charge is 0.481 e. The highest BCUT2D eigenvalue weighted by molar-refractivity contribution is 5.81. The van der Waals surface area contributed by atoms with Gasteiger partial charge in [-0.15, -0.1) is 0 Å². The normalized spacial score (nSPS) is 34.9. The Balaban J connectivity index is 1.92. The minimum Gasteiger partial charge on any atom is -0.481 e. The minimum atomic E-state index is -0.845. The van der Waals surface area contributed by atoms with Crippen LogP contribution in [-0.4, -0.2) is 58.8 Å². The summed E-state index contributed by atoms with van der Waals surface area (Å²) in [4.78, 5) is 24.8. The lowest BCUT2D eigenvalue weighted by Crippen LogP contribution is -2.51. The standard InChI is InChI=1S/C14H24N2O4/c1-15-12(17)11-3-2-8-16(11)9-14(20)6-4-10(5-7-14)13(18)19/h10-11,20H,2-9H2,1H3,(H,15,17)(H,18,19). The second-order valence-electron chi connectivity index (χ2n) is 6.08. The number of aliphatic carboxylic acids is 1. The number of aliphatic hydroxyl groups is 1. The summed E-state index contributed by atoms with van der Waals surface area (Å²) in [6.45, 7) is 1.29. The molecule has 1 amide bonds. The van der Waals surface area contributed by atoms with Gasteiger partial charge in [0.25, 0.3) is 0 Å². The highest BCUT2D eigenvalue weighted by atomic mass is 16.4. The van der Waals surface area contributed by atoms with Crippen LogP contribution in [0.15, 0.2) is 0 Å². The molecule has 1 aliphatic heterocycles. The number of carbonyl (C=O) groups excluding carboxylic acids is 1. The first kappa shape index (κ1) is 15.3. The summed E-state index contributed by atoms with van der Waals surface area (Å²) < 4.78 is 0. The highest BCUT2D eigenvalue weighted by Crippen LogP contribution is 2.34. The minimum absolute atomic E-state index is 0.00493. The van der Waals surface area contributed by atoms with E-state index in [1.807, 2.05) is 4.90 Å². The van der Waals surface area contributed by atoms with Crippen LogP contribution >= 0.6 is 0 Å². The van der Waals surface area contributed by atoms with E-state index in [2.05, 4.69) is 5.32 Å². The summed E-state index contributed by atoms with van der Waals surface area (Å²) in [6, 6.07) is -0.152. The van der Waals surface area contributed by atoms with Crippen LogP contribution in [0.2, 0.25) is 0 Å². The maximum absolute atomic E-state index is 11.8. The fourth-order valence-electron chi connectivity index (χ4n) is 3.42. The maximum Gasteiger partial charge on any atom is 0.306 e. The lowest BCUT2D eigenvalue weighted by Gasteiger charge is -2.38. The fraction of sp³-hybridized carbons (Fsp3) is 0.857. The molecule has 1 unspecified atom stereocenters. The zero-order valence-corrected chi connectivity index (χ0v) is 12.0. The number of amides is 1. The van der Waals surface area contributed by atoms with E-state index in [9.17, 15) is 14.7 Å². The van der Waals surface area contributed by atoms with Crippen molar-refractivity contribution in [1.82, 2.24) is 10.2 Å². The molecule has 6 heteroatoms. The van der Waals surface area contributed by atoms with Crippen molar-refractivity contribution < 1.29 is 19.8 Å². The molecule has 2 aliphatic rings. The molecule has 114 valence electrons. The summed E-state index contributed by atoms with van der Waals surface area (Å²) >= 11 is 0. The van der Waals surface area contributed by atoms with Crippen molar-refractivity contribution in [2.24, 2.45) is 5.92 Å². The molecule has 20 heavy (non-hydrogen) atoms. The first-order chi connectivity index (χ1) is 9.45. The Bertz CT molecular complexity index is 377. The summed E-state index contributed by atoms with van der Waals surface area (Å²) in [5, 5.41) is 22.3. The highest BCUT2D eigenvalue weighted by Gasteiger charge is 2.40. The quantitative estimate of drug-likeness (QED) is 0.686. The molecule has 1 aliphatic carbocycles. The molecule has 3 N–H and O–H groups in total. The first-order valence-electron chi connectivity index (χ1n) is 7.36. The maximum atomic E-state index is 11.8. The molecule has 1 saturated carbocycles. The fourth-order valence-corrected chi connectivity index (χ4v) is 3.42. The number of nitrogens with zero attached hydrogens (tertiary/aromatic N) is 1. The smallest absolute Gasteiger partial charge is 0.306 e. The van der Waals surface area contributed by atoms with Crippen molar-refractivity contribution in [1.29, 1.82) is 0 Å². The average Bonchev–Trinajstić information content (AvgIpc) is 2.85. The molecule has 1 atom stereocenters. The van der Waals surface area contributed by atoms with Crippen LogP contribution in [0.5, 0.6) is 0 Å². The van der Waals surface area contributed by atoms with Crippen molar-refractivity contribution in [2.45, 2.75) is 50.2 Å². The third-order valence-corrected chi connectivity index (χ3v) is 4.68. The Labute approximate surface area is 119 Å². The Kier molecular flexibility index (Phi) is 4.65. The van der Waals surface area contributed by atoms with Gasteiger partial charge in [0.2, 0.25) is 5.91 Å². The number of hydrogen-bond acceptors (Lipinski definition) is 4. The van der Waals surface area contributed by atoms with Crippen LogP contribution in [0.25, 0.3) is 0 Å². The van der Waals surface area contributed by atoms with Crippen molar-refractivity contribution in [2.75, 3.05) is 20.1 Å². The van der Waals surface area contributed by atoms with Gasteiger partial charge < -0.3 is 15.5 Å². The van der Waals surface area contributed by atoms with E-state index in [0.29, 0.717) is 32.2 Å². The number of likely N-dealkylation sites (N-methyl/N-ethyl adjacent to an activating group) is 1. The molecule has 0 radical (unpaired) electrons. The molecule has 0 aromatic carbocycles. The molecule has 0 bridgehead atoms. The Morgan fingerprint density at radius 1 is 1.30 bits per heavy atom. The van der Waals surface area contributed by atoms with E-state index in [1.165, 1.54) is 0 Å². The van der Waals surface area contributed by atoms with Crippen LogP contribution in [0, 0.1) is 5.92 Å². The molecule has 6 nitrogen and oxygen atoms in total. The molecule has 0 aromatic rings. The van der Waals surface area contributed by atoms with E-state index >= 15 is 0 Å². The number of β-amino-alcohol motifs (C(OH)–C–C–N with tert-alkyl or cyclic N) is 1. The monoisotopic (exact) mass is 284 g/mol. The van der Waals surface area contributed by atoms with Gasteiger partial charge in [0.05, 0.1) is 17.6 Å². The van der Waals surface area contributed by atoms with Gasteiger partial charge in [-0.2, -0.15) is 0 Å². The number of carboxylic acid groups (broad SMARTS) is 1. The predicted octanol–water partition coefficient (Wildman–Crippen LogP) is 0.203. The van der Waals surface area contributed by atoms with Crippen LogP contribution in [0.3, 0.4) is 0 Å². The number of carboxylic acids is 1. The van der Waals surface area contributed by atoms with Gasteiger partial charge in [-0.3, -0.25) is 14.5 Å². The molecular weight excluding hydrogens is 260 g/mol. The van der Waals surface area contributed by atoms with Gasteiger partial charge >= 0.3 is 5.97 Å². The van der Waals surface area contributed by atoms with Crippen LogP contribution in [0.4, 0.5) is 0 Å². The number of carbonyl (C=O) groups is 2. The van der Waals surface area contributed by atoms with Crippen molar-refractivity contribution in [3.63, 3.8) is 0 Å². The molecular formula is C14H24N2O4. The molecule has 1 heterocycles. The van der Waals surface area contributed by atoms with E-state index in [1.54, 1.807) is 7.05 Å². The molecule has 2 fully saturated rings. The summed E-state index contributed by atoms with van der Waals surface area (Å²) in [7, 11) is 1.63. The van der Waals surface area contributed by atoms with E-state index < -0.39 is 11.6 Å². The molecule has 2 rings (SSSR count). The number of hydrogen-bond donors (Lipinski definition) is 3. The lowest BCUT2D eigenvalue weighted by atomic mass is 9.78. The molecule has 0 aromatic heterocycles. The van der Waals surface area contributed by atoms with Crippen LogP contribution < -0.4 is 5.32 Å². The van der Waals surface area contributed by atoms with Crippen LogP contribution in [-0.2, 0) is 9.59 Å². The van der Waals surface area contributed by atoms with Crippen LogP contribution in [0.1, 0.15) is 38.5 Å². The second-order valence-corrected chi connectivity index (χ2v) is 6.08. The SMILES string of the molecule is CNC(=O)C1CCCN1CC1(O)CCC(C(=O)O)CC1. The van der Waals surface area contributed by atoms with Gasteiger partial charge in [-0.05, 0) is 45.1 Å². The lowest BCUT2D eigenvalue weighted by molar-refractivity contribution is -0.145. The zero-order chi connectivity index (χ0) is 14.8. The van der Waals surface area contributed by atoms with Gasteiger partial charge in [0.15, 0.2) is 0 Å². The van der Waals surface area contributed by atoms with Gasteiger partial charge in [-0.25, -0.2) is 0 Å². The third kappa shape index (κ3) is 3.30. The topological polar surface area (TPSA) is 89.9 Å². The van der Waals surface area contributed by atoms with E-state index in [-0.39, 0.29) is 17.9 Å². The Morgan fingerprint density at radius 2 is 1.95 bits per heavy atom. The van der Waals surface area contributed by atoms with E-state index in [4.69, 9.17) is 5.11 Å². The number of likely N-dealkylation sites (tertiary alicyclic amines) is 1. The summed E-state index contributed by atoms with van der Waals surface area (Å²) in [5.41, 5.74) is -0.845. The third-order valence-electron chi connectivity index (χ3n) is 4.68. The van der Waals surface area contributed by atoms with Crippen molar-refractivity contribution in [3.05, 3.63) is 0 Å². The first-order valence-corrected chi connectivity index (χ1v) is 7.36. The second kappa shape index (κ2) is 6.10. The molecule has 0 spiro atoms. The van der Waals surface area contributed by atoms with Gasteiger partial charge in [0, 0.05) is 13.6 Å². The Morgan fingerprint density at radius 3 is 2.50 bits per heavy atom. The zero-order valence-electron chi connectivity index (χ0n) is 12.0. The number of rotatable bonds is 4.